The van der Waals surface area contributed by atoms with E-state index in [1.165, 1.54) is 199 Å². The smallest absolute Gasteiger partial charge is 0.303 e. The van der Waals surface area contributed by atoms with E-state index < -0.39 is 7.82 Å². The fourth-order valence-electron chi connectivity index (χ4n) is 6.36. The number of unbranched alkanes of at least 4 members (excludes halogenated alkanes) is 34. The highest BCUT2D eigenvalue weighted by molar-refractivity contribution is 7.46. The highest BCUT2D eigenvalue weighted by Gasteiger charge is 2.12. The molecule has 0 aromatic heterocycles. The van der Waals surface area contributed by atoms with Crippen molar-refractivity contribution in [1.82, 2.24) is 0 Å². The molecule has 6 nitrogen and oxygen atoms in total. The predicted octanol–water partition coefficient (Wildman–Crippen LogP) is 13.1. The van der Waals surface area contributed by atoms with Gasteiger partial charge in [-0.2, -0.15) is 0 Å². The fraction of sp³-hybridized carbons (Fsp3) is 0.974. The van der Waals surface area contributed by atoms with E-state index in [4.69, 9.17) is 9.79 Å². The van der Waals surface area contributed by atoms with Gasteiger partial charge in [-0.1, -0.05) is 212 Å². The predicted molar refractivity (Wildman–Crippen MR) is 193 cm³/mol. The molecule has 0 spiro atoms. The zero-order valence-corrected chi connectivity index (χ0v) is 30.6. The third kappa shape index (κ3) is 43.5. The number of rotatable bonds is 39. The molecule has 0 fully saturated rings. The molecule has 0 bridgehead atoms. The third-order valence-corrected chi connectivity index (χ3v) is 9.76. The average Bonchev–Trinajstić information content (AvgIpc) is 3.01. The molecular formula is C38H76NO5P. The van der Waals surface area contributed by atoms with E-state index in [1.54, 1.807) is 6.08 Å². The second-order valence-corrected chi connectivity index (χ2v) is 14.9. The maximum absolute atomic E-state index is 10.6. The van der Waals surface area contributed by atoms with Gasteiger partial charge in [0, 0.05) is 0 Å². The van der Waals surface area contributed by atoms with Crippen LogP contribution in [0.4, 0.5) is 0 Å². The van der Waals surface area contributed by atoms with Gasteiger partial charge in [0.1, 0.15) is 0 Å². The Morgan fingerprint density at radius 1 is 0.378 bits per heavy atom. The molecule has 0 rings (SSSR count). The van der Waals surface area contributed by atoms with Crippen molar-refractivity contribution in [1.29, 1.82) is 0 Å². The highest BCUT2D eigenvalue weighted by Crippen LogP contribution is 2.35. The summed E-state index contributed by atoms with van der Waals surface area (Å²) in [6.45, 7) is 0.826. The first kappa shape index (κ1) is 44.5. The summed E-state index contributed by atoms with van der Waals surface area (Å²) in [6.07, 6.45) is 48.8. The summed E-state index contributed by atoms with van der Waals surface area (Å²) in [4.78, 5) is 30.9. The minimum absolute atomic E-state index is 0.166. The molecule has 0 heterocycles. The summed E-state index contributed by atoms with van der Waals surface area (Å²) in [5, 5.41) is 0. The molecule has 0 amide bonds. The summed E-state index contributed by atoms with van der Waals surface area (Å²) in [6, 6.07) is 0. The van der Waals surface area contributed by atoms with Crippen LogP contribution in [-0.2, 0) is 13.9 Å². The lowest BCUT2D eigenvalue weighted by Gasteiger charge is -2.05. The quantitative estimate of drug-likeness (QED) is 0.0297. The van der Waals surface area contributed by atoms with Gasteiger partial charge >= 0.3 is 7.82 Å². The van der Waals surface area contributed by atoms with Crippen LogP contribution in [0.25, 0.3) is 0 Å². The Kier molecular flexibility index (Phi) is 37.5. The lowest BCUT2D eigenvalue weighted by Crippen LogP contribution is -1.92. The molecule has 0 saturated carbocycles. The SMILES string of the molecule is O=C=NCCCCCCCCCCCCCCCCCCCCCCCCCCCCCCCCCCCCCOP(=O)(O)O. The number of hydrogen-bond donors (Lipinski definition) is 2. The fourth-order valence-corrected chi connectivity index (χ4v) is 6.72. The van der Waals surface area contributed by atoms with Crippen LogP contribution in [0.1, 0.15) is 225 Å². The van der Waals surface area contributed by atoms with Gasteiger partial charge in [0.2, 0.25) is 6.08 Å². The molecule has 0 saturated heterocycles. The van der Waals surface area contributed by atoms with Gasteiger partial charge in [-0.3, -0.25) is 4.52 Å². The van der Waals surface area contributed by atoms with Crippen molar-refractivity contribution in [3.05, 3.63) is 0 Å². The normalized spacial score (nSPS) is 11.7. The number of phosphoric acid groups is 1. The molecule has 0 aromatic carbocycles. The van der Waals surface area contributed by atoms with E-state index in [2.05, 4.69) is 9.52 Å². The molecule has 45 heavy (non-hydrogen) atoms. The number of isocyanates is 1. The van der Waals surface area contributed by atoms with Crippen LogP contribution >= 0.6 is 7.82 Å². The van der Waals surface area contributed by atoms with Crippen molar-refractivity contribution < 1.29 is 23.7 Å². The van der Waals surface area contributed by atoms with Gasteiger partial charge in [-0.15, -0.1) is 0 Å². The first-order valence-corrected chi connectivity index (χ1v) is 21.3. The minimum Gasteiger partial charge on any atom is -0.303 e. The maximum atomic E-state index is 10.6. The van der Waals surface area contributed by atoms with Crippen LogP contribution in [0, 0.1) is 0 Å². The maximum Gasteiger partial charge on any atom is 0.469 e. The molecule has 268 valence electrons. The zero-order chi connectivity index (χ0) is 32.8. The van der Waals surface area contributed by atoms with Gasteiger partial charge in [0.15, 0.2) is 0 Å². The number of hydrogen-bond acceptors (Lipinski definition) is 4. The lowest BCUT2D eigenvalue weighted by atomic mass is 10.0. The molecule has 0 aliphatic carbocycles. The summed E-state index contributed by atoms with van der Waals surface area (Å²) in [5.41, 5.74) is 0. The first-order chi connectivity index (χ1) is 22.1. The van der Waals surface area contributed by atoms with Crippen molar-refractivity contribution in [2.45, 2.75) is 225 Å². The Balaban J connectivity index is 3.06. The largest absolute Gasteiger partial charge is 0.469 e. The third-order valence-electron chi connectivity index (χ3n) is 9.24. The van der Waals surface area contributed by atoms with Gasteiger partial charge in [0.25, 0.3) is 0 Å². The number of phosphoric ester groups is 1. The van der Waals surface area contributed by atoms with E-state index >= 15 is 0 Å². The molecule has 0 radical (unpaired) electrons. The Bertz CT molecular complexity index is 665. The van der Waals surface area contributed by atoms with Crippen LogP contribution in [0.5, 0.6) is 0 Å². The van der Waals surface area contributed by atoms with E-state index in [0.717, 1.165) is 25.7 Å². The molecule has 0 aliphatic rings. The summed E-state index contributed by atoms with van der Waals surface area (Å²) >= 11 is 0. The molecule has 0 atom stereocenters. The Morgan fingerprint density at radius 2 is 0.578 bits per heavy atom. The standard InChI is InChI=1S/C38H76NO5P/c40-38-39-36-34-32-30-28-26-24-22-20-18-16-14-12-10-8-6-4-2-1-3-5-7-9-11-13-15-17-19-21-23-25-27-29-31-33-35-37-44-45(41,42)43/h1-37H2,(H2,41,42,43). The van der Waals surface area contributed by atoms with Crippen molar-refractivity contribution >= 4 is 13.9 Å². The van der Waals surface area contributed by atoms with E-state index in [9.17, 15) is 9.36 Å². The second-order valence-electron chi connectivity index (χ2n) is 13.7. The van der Waals surface area contributed by atoms with Crippen molar-refractivity contribution in [3.8, 4) is 0 Å². The minimum atomic E-state index is -4.28. The topological polar surface area (TPSA) is 96.2 Å². The molecule has 0 unspecified atom stereocenters. The van der Waals surface area contributed by atoms with Crippen molar-refractivity contribution in [3.63, 3.8) is 0 Å². The first-order valence-electron chi connectivity index (χ1n) is 19.8. The van der Waals surface area contributed by atoms with Crippen LogP contribution < -0.4 is 0 Å². The number of nitrogens with zero attached hydrogens (tertiary/aromatic N) is 1. The Morgan fingerprint density at radius 3 is 0.778 bits per heavy atom. The second kappa shape index (κ2) is 37.9. The van der Waals surface area contributed by atoms with Gasteiger partial charge in [-0.25, -0.2) is 14.4 Å². The molecule has 2 N–H and O–H groups in total. The van der Waals surface area contributed by atoms with Crippen LogP contribution in [-0.4, -0.2) is 29.0 Å². The molecule has 0 aromatic rings. The van der Waals surface area contributed by atoms with Crippen molar-refractivity contribution in [2.75, 3.05) is 13.2 Å². The molecule has 7 heteroatoms. The monoisotopic (exact) mass is 658 g/mol. The highest BCUT2D eigenvalue weighted by atomic mass is 31.2. The van der Waals surface area contributed by atoms with Crippen LogP contribution in [0.2, 0.25) is 0 Å². The van der Waals surface area contributed by atoms with Gasteiger partial charge < -0.3 is 9.79 Å². The average molecular weight is 658 g/mol. The van der Waals surface area contributed by atoms with E-state index in [-0.39, 0.29) is 6.61 Å². The summed E-state index contributed by atoms with van der Waals surface area (Å²) in [5.74, 6) is 0. The summed E-state index contributed by atoms with van der Waals surface area (Å²) < 4.78 is 15.1. The van der Waals surface area contributed by atoms with Crippen LogP contribution in [0.15, 0.2) is 4.99 Å². The Hall–Kier alpha value is -0.510. The number of carbonyl (C=O) groups excluding carboxylic acids is 1. The van der Waals surface area contributed by atoms with Crippen molar-refractivity contribution in [2.24, 2.45) is 4.99 Å². The summed E-state index contributed by atoms with van der Waals surface area (Å²) in [7, 11) is -4.28. The van der Waals surface area contributed by atoms with Gasteiger partial charge in [-0.05, 0) is 12.8 Å². The Labute approximate surface area is 280 Å². The zero-order valence-electron chi connectivity index (χ0n) is 29.7. The van der Waals surface area contributed by atoms with E-state index in [0.29, 0.717) is 6.54 Å². The number of aliphatic imine (C=N–C) groups is 1. The molecule has 0 aliphatic heterocycles. The van der Waals surface area contributed by atoms with Gasteiger partial charge in [0.05, 0.1) is 13.2 Å². The van der Waals surface area contributed by atoms with Crippen LogP contribution in [0.3, 0.4) is 0 Å². The van der Waals surface area contributed by atoms with E-state index in [1.807, 2.05) is 0 Å². The molecular weight excluding hydrogens is 581 g/mol. The lowest BCUT2D eigenvalue weighted by molar-refractivity contribution is 0.193.